The van der Waals surface area contributed by atoms with E-state index in [0.717, 1.165) is 16.9 Å². The number of anilines is 2. The molecule has 4 rings (SSSR count). The SMILES string of the molecule is Cc1ccc(C(=O)Nc2ccc3c(c2)N(CCCOc2cccc(C)c2)C(=O)CO3)cc1. The molecule has 6 heteroatoms. The Morgan fingerprint density at radius 2 is 1.84 bits per heavy atom. The van der Waals surface area contributed by atoms with Crippen LogP contribution in [0.3, 0.4) is 0 Å². The number of nitrogens with one attached hydrogen (secondary N) is 1. The summed E-state index contributed by atoms with van der Waals surface area (Å²) in [5.41, 5.74) is 4.06. The van der Waals surface area contributed by atoms with Crippen LogP contribution in [0, 0.1) is 13.8 Å². The van der Waals surface area contributed by atoms with E-state index in [9.17, 15) is 9.59 Å². The van der Waals surface area contributed by atoms with Gasteiger partial charge in [-0.1, -0.05) is 29.8 Å². The molecule has 1 aliphatic rings. The monoisotopic (exact) mass is 430 g/mol. The van der Waals surface area contributed by atoms with E-state index in [1.54, 1.807) is 35.2 Å². The minimum absolute atomic E-state index is 0.000803. The molecule has 1 N–H and O–H groups in total. The number of rotatable bonds is 7. The second-order valence-corrected chi connectivity index (χ2v) is 7.86. The molecule has 6 nitrogen and oxygen atoms in total. The van der Waals surface area contributed by atoms with E-state index in [4.69, 9.17) is 9.47 Å². The van der Waals surface area contributed by atoms with Crippen molar-refractivity contribution in [3.05, 3.63) is 83.4 Å². The number of aryl methyl sites for hydroxylation is 2. The van der Waals surface area contributed by atoms with E-state index in [1.165, 1.54) is 0 Å². The summed E-state index contributed by atoms with van der Waals surface area (Å²) in [4.78, 5) is 26.8. The molecule has 0 unspecified atom stereocenters. The van der Waals surface area contributed by atoms with Crippen molar-refractivity contribution in [1.82, 2.24) is 0 Å². The molecule has 0 fully saturated rings. The molecular weight excluding hydrogens is 404 g/mol. The molecule has 3 aromatic carbocycles. The summed E-state index contributed by atoms with van der Waals surface area (Å²) in [6.07, 6.45) is 0.666. The lowest BCUT2D eigenvalue weighted by atomic mass is 10.1. The van der Waals surface area contributed by atoms with Gasteiger partial charge in [0.2, 0.25) is 0 Å². The highest BCUT2D eigenvalue weighted by Gasteiger charge is 2.25. The Bertz CT molecular complexity index is 1120. The number of carbonyl (C=O) groups excluding carboxylic acids is 2. The highest BCUT2D eigenvalue weighted by atomic mass is 16.5. The number of hydrogen-bond acceptors (Lipinski definition) is 4. The lowest BCUT2D eigenvalue weighted by Gasteiger charge is -2.30. The third kappa shape index (κ3) is 5.09. The van der Waals surface area contributed by atoms with Gasteiger partial charge < -0.3 is 19.7 Å². The maximum absolute atomic E-state index is 12.6. The molecule has 0 saturated heterocycles. The van der Waals surface area contributed by atoms with Crippen molar-refractivity contribution in [2.24, 2.45) is 0 Å². The van der Waals surface area contributed by atoms with E-state index in [-0.39, 0.29) is 18.4 Å². The van der Waals surface area contributed by atoms with Gasteiger partial charge in [-0.15, -0.1) is 0 Å². The van der Waals surface area contributed by atoms with Gasteiger partial charge >= 0.3 is 0 Å². The van der Waals surface area contributed by atoms with E-state index in [2.05, 4.69) is 5.32 Å². The number of nitrogens with zero attached hydrogens (tertiary/aromatic N) is 1. The second kappa shape index (κ2) is 9.56. The molecule has 0 radical (unpaired) electrons. The fraction of sp³-hybridized carbons (Fsp3) is 0.231. The molecular formula is C26H26N2O4. The molecule has 1 heterocycles. The van der Waals surface area contributed by atoms with E-state index < -0.39 is 0 Å². The van der Waals surface area contributed by atoms with Crippen molar-refractivity contribution in [2.75, 3.05) is 30.0 Å². The van der Waals surface area contributed by atoms with Gasteiger partial charge in [-0.05, 0) is 68.3 Å². The van der Waals surface area contributed by atoms with Gasteiger partial charge in [-0.25, -0.2) is 0 Å². The maximum atomic E-state index is 12.6. The zero-order chi connectivity index (χ0) is 22.5. The van der Waals surface area contributed by atoms with Gasteiger partial charge in [0.1, 0.15) is 11.5 Å². The van der Waals surface area contributed by atoms with Crippen LogP contribution in [0.4, 0.5) is 11.4 Å². The van der Waals surface area contributed by atoms with Crippen molar-refractivity contribution >= 4 is 23.2 Å². The van der Waals surface area contributed by atoms with Crippen molar-refractivity contribution in [3.8, 4) is 11.5 Å². The van der Waals surface area contributed by atoms with Crippen molar-refractivity contribution in [2.45, 2.75) is 20.3 Å². The standard InChI is InChI=1S/C26H26N2O4/c1-18-7-9-20(10-8-18)26(30)27-21-11-12-24-23(16-21)28(25(29)17-32-24)13-4-14-31-22-6-3-5-19(2)15-22/h3,5-12,15-16H,4,13-14,17H2,1-2H3,(H,27,30). The Kier molecular flexibility index (Phi) is 6.40. The smallest absolute Gasteiger partial charge is 0.265 e. The van der Waals surface area contributed by atoms with Gasteiger partial charge in [0.15, 0.2) is 6.61 Å². The predicted molar refractivity (Wildman–Crippen MR) is 125 cm³/mol. The molecule has 0 aromatic heterocycles. The lowest BCUT2D eigenvalue weighted by Crippen LogP contribution is -2.39. The number of benzene rings is 3. The lowest BCUT2D eigenvalue weighted by molar-refractivity contribution is -0.121. The average molecular weight is 431 g/mol. The predicted octanol–water partition coefficient (Wildman–Crippen LogP) is 4.75. The third-order valence-corrected chi connectivity index (χ3v) is 5.26. The van der Waals surface area contributed by atoms with Crippen LogP contribution in [0.5, 0.6) is 11.5 Å². The van der Waals surface area contributed by atoms with Crippen LogP contribution in [-0.4, -0.2) is 31.6 Å². The summed E-state index contributed by atoms with van der Waals surface area (Å²) in [5.74, 6) is 1.12. The van der Waals surface area contributed by atoms with Crippen molar-refractivity contribution in [3.63, 3.8) is 0 Å². The summed E-state index contributed by atoms with van der Waals surface area (Å²) in [5, 5.41) is 2.90. The van der Waals surface area contributed by atoms with Crippen LogP contribution >= 0.6 is 0 Å². The summed E-state index contributed by atoms with van der Waals surface area (Å²) >= 11 is 0. The summed E-state index contributed by atoms with van der Waals surface area (Å²) in [7, 11) is 0. The fourth-order valence-corrected chi connectivity index (χ4v) is 3.55. The minimum Gasteiger partial charge on any atom is -0.494 e. The first-order chi connectivity index (χ1) is 15.5. The number of hydrogen-bond donors (Lipinski definition) is 1. The average Bonchev–Trinajstić information content (AvgIpc) is 2.78. The van der Waals surface area contributed by atoms with E-state index in [1.807, 2.05) is 50.2 Å². The number of carbonyl (C=O) groups is 2. The molecule has 0 saturated carbocycles. The first-order valence-corrected chi connectivity index (χ1v) is 10.6. The highest BCUT2D eigenvalue weighted by Crippen LogP contribution is 2.34. The quantitative estimate of drug-likeness (QED) is 0.549. The van der Waals surface area contributed by atoms with Gasteiger partial charge in [0, 0.05) is 17.8 Å². The largest absolute Gasteiger partial charge is 0.494 e. The van der Waals surface area contributed by atoms with Gasteiger partial charge in [0.25, 0.3) is 11.8 Å². The Morgan fingerprint density at radius 3 is 2.62 bits per heavy atom. The first kappa shape index (κ1) is 21.4. The zero-order valence-electron chi connectivity index (χ0n) is 18.3. The number of fused-ring (bicyclic) bond motifs is 1. The van der Waals surface area contributed by atoms with Crippen LogP contribution in [0.15, 0.2) is 66.7 Å². The molecule has 2 amide bonds. The number of amides is 2. The molecule has 0 spiro atoms. The zero-order valence-corrected chi connectivity index (χ0v) is 18.3. The highest BCUT2D eigenvalue weighted by molar-refractivity contribution is 6.05. The Labute approximate surface area is 187 Å². The molecule has 1 aliphatic heterocycles. The van der Waals surface area contributed by atoms with Gasteiger partial charge in [-0.2, -0.15) is 0 Å². The van der Waals surface area contributed by atoms with Gasteiger partial charge in [0.05, 0.1) is 12.3 Å². The van der Waals surface area contributed by atoms with Crippen LogP contribution < -0.4 is 19.7 Å². The third-order valence-electron chi connectivity index (χ3n) is 5.26. The summed E-state index contributed by atoms with van der Waals surface area (Å²) < 4.78 is 11.4. The minimum atomic E-state index is -0.203. The Balaban J connectivity index is 1.42. The van der Waals surface area contributed by atoms with Crippen LogP contribution in [0.2, 0.25) is 0 Å². The maximum Gasteiger partial charge on any atom is 0.265 e. The normalized spacial score (nSPS) is 12.7. The van der Waals surface area contributed by atoms with E-state index >= 15 is 0 Å². The second-order valence-electron chi connectivity index (χ2n) is 7.86. The molecule has 0 atom stereocenters. The Hall–Kier alpha value is -3.80. The summed E-state index contributed by atoms with van der Waals surface area (Å²) in [6, 6.07) is 20.6. The van der Waals surface area contributed by atoms with E-state index in [0.29, 0.717) is 42.3 Å². The van der Waals surface area contributed by atoms with Crippen LogP contribution in [0.25, 0.3) is 0 Å². The van der Waals surface area contributed by atoms with Crippen molar-refractivity contribution < 1.29 is 19.1 Å². The van der Waals surface area contributed by atoms with Crippen molar-refractivity contribution in [1.29, 1.82) is 0 Å². The van der Waals surface area contributed by atoms with Crippen LogP contribution in [-0.2, 0) is 4.79 Å². The topological polar surface area (TPSA) is 67.9 Å². The molecule has 164 valence electrons. The van der Waals surface area contributed by atoms with Crippen LogP contribution in [0.1, 0.15) is 27.9 Å². The summed E-state index contributed by atoms with van der Waals surface area (Å²) in [6.45, 7) is 4.98. The first-order valence-electron chi connectivity index (χ1n) is 10.6. The molecule has 3 aromatic rings. The molecule has 0 aliphatic carbocycles. The fourth-order valence-electron chi connectivity index (χ4n) is 3.55. The number of ether oxygens (including phenoxy) is 2. The molecule has 32 heavy (non-hydrogen) atoms. The van der Waals surface area contributed by atoms with Gasteiger partial charge in [-0.3, -0.25) is 9.59 Å². The molecule has 0 bridgehead atoms. The Morgan fingerprint density at radius 1 is 1.03 bits per heavy atom.